The van der Waals surface area contributed by atoms with Crippen LogP contribution >= 0.6 is 0 Å². The van der Waals surface area contributed by atoms with Crippen molar-refractivity contribution in [2.24, 2.45) is 5.92 Å². The molecule has 1 fully saturated rings. The van der Waals surface area contributed by atoms with Crippen molar-refractivity contribution in [3.05, 3.63) is 83.6 Å². The van der Waals surface area contributed by atoms with Crippen molar-refractivity contribution < 1.29 is 19.0 Å². The fourth-order valence-electron chi connectivity index (χ4n) is 4.81. The molecule has 2 aromatic carbocycles. The molecular formula is C24H26O4. The largest absolute Gasteiger partial charge is 0.501 e. The van der Waals surface area contributed by atoms with Crippen LogP contribution in [0, 0.1) is 5.92 Å². The molecule has 0 amide bonds. The lowest BCUT2D eigenvalue weighted by atomic mass is 9.74. The molecule has 4 nitrogen and oxygen atoms in total. The maximum absolute atomic E-state index is 11.5. The van der Waals surface area contributed by atoms with Crippen molar-refractivity contribution in [3.8, 4) is 0 Å². The number of hydrogen-bond acceptors (Lipinski definition) is 4. The van der Waals surface area contributed by atoms with Crippen LogP contribution < -0.4 is 0 Å². The zero-order valence-corrected chi connectivity index (χ0v) is 16.5. The highest BCUT2D eigenvalue weighted by Crippen LogP contribution is 2.61. The molecule has 0 saturated heterocycles. The zero-order valence-electron chi connectivity index (χ0n) is 16.5. The normalized spacial score (nSPS) is 31.2. The number of hydrogen-bond donors (Lipinski definition) is 0. The minimum absolute atomic E-state index is 0.0293. The molecule has 5 atom stereocenters. The summed E-state index contributed by atoms with van der Waals surface area (Å²) < 4.78 is 17.6. The van der Waals surface area contributed by atoms with Gasteiger partial charge in [-0.2, -0.15) is 0 Å². The third kappa shape index (κ3) is 3.12. The van der Waals surface area contributed by atoms with Gasteiger partial charge in [-0.1, -0.05) is 60.7 Å². The maximum atomic E-state index is 11.5. The topological polar surface area (TPSA) is 44.8 Å². The molecule has 2 aliphatic carbocycles. The van der Waals surface area contributed by atoms with Crippen LogP contribution in [0.3, 0.4) is 0 Å². The quantitative estimate of drug-likeness (QED) is 0.698. The summed E-state index contributed by atoms with van der Waals surface area (Å²) in [4.78, 5) is 11.5. The summed E-state index contributed by atoms with van der Waals surface area (Å²) in [6, 6.07) is 20.8. The van der Waals surface area contributed by atoms with E-state index in [1.807, 2.05) is 12.1 Å². The van der Waals surface area contributed by atoms with Gasteiger partial charge in [0, 0.05) is 25.9 Å². The van der Waals surface area contributed by atoms with Crippen LogP contribution in [0.5, 0.6) is 0 Å². The fourth-order valence-corrected chi connectivity index (χ4v) is 4.81. The lowest BCUT2D eigenvalue weighted by molar-refractivity contribution is -0.143. The molecule has 4 heteroatoms. The van der Waals surface area contributed by atoms with Crippen LogP contribution in [0.15, 0.2) is 72.5 Å². The highest BCUT2D eigenvalue weighted by molar-refractivity contribution is 5.66. The first-order chi connectivity index (χ1) is 13.6. The van der Waals surface area contributed by atoms with E-state index in [1.54, 1.807) is 14.2 Å². The van der Waals surface area contributed by atoms with Crippen molar-refractivity contribution in [2.75, 3.05) is 14.2 Å². The standard InChI is InChI=1S/C24H26O4/c1-16(25)28-20-14-19(20)24(27-3)15-21(26-2)22(17-10-6-4-7-11-17)23(24)18-12-8-5-9-13-18/h4-13,15,19-20,22-23H,14H2,1-3H3/t19-,20-,22-,23+,24?/m1/s1. The molecular weight excluding hydrogens is 352 g/mol. The molecule has 0 heterocycles. The van der Waals surface area contributed by atoms with Crippen molar-refractivity contribution in [1.29, 1.82) is 0 Å². The Kier molecular flexibility index (Phi) is 4.98. The average Bonchev–Trinajstić information content (AvgIpc) is 3.39. The Hall–Kier alpha value is -2.59. The van der Waals surface area contributed by atoms with Gasteiger partial charge in [-0.15, -0.1) is 0 Å². The molecule has 2 aliphatic rings. The molecule has 0 bridgehead atoms. The third-order valence-electron chi connectivity index (χ3n) is 6.03. The smallest absolute Gasteiger partial charge is 0.302 e. The SMILES string of the molecule is COC1=CC(OC)([C@@H]2C[C@H]2OC(C)=O)[C@@H](c2ccccc2)[C@@H]1c1ccccc1. The summed E-state index contributed by atoms with van der Waals surface area (Å²) >= 11 is 0. The Labute approximate surface area is 166 Å². The Balaban J connectivity index is 1.82. The minimum atomic E-state index is -0.590. The van der Waals surface area contributed by atoms with E-state index in [9.17, 15) is 4.79 Å². The molecule has 2 aromatic rings. The third-order valence-corrected chi connectivity index (χ3v) is 6.03. The maximum Gasteiger partial charge on any atom is 0.302 e. The van der Waals surface area contributed by atoms with Gasteiger partial charge in [0.05, 0.1) is 13.0 Å². The molecule has 0 aliphatic heterocycles. The highest BCUT2D eigenvalue weighted by atomic mass is 16.6. The molecule has 0 spiro atoms. The average molecular weight is 378 g/mol. The number of carbonyl (C=O) groups excluding carboxylic acids is 1. The first-order valence-corrected chi connectivity index (χ1v) is 9.69. The summed E-state index contributed by atoms with van der Waals surface area (Å²) in [6.07, 6.45) is 2.80. The predicted octanol–water partition coefficient (Wildman–Crippen LogP) is 4.43. The van der Waals surface area contributed by atoms with Crippen molar-refractivity contribution in [3.63, 3.8) is 0 Å². The first kappa shape index (κ1) is 18.8. The second-order valence-electron chi connectivity index (χ2n) is 7.58. The predicted molar refractivity (Wildman–Crippen MR) is 107 cm³/mol. The summed E-state index contributed by atoms with van der Waals surface area (Å²) in [5, 5.41) is 0. The summed E-state index contributed by atoms with van der Waals surface area (Å²) in [5.41, 5.74) is 1.79. The van der Waals surface area contributed by atoms with Crippen LogP contribution in [-0.4, -0.2) is 31.9 Å². The molecule has 0 radical (unpaired) electrons. The second kappa shape index (κ2) is 7.44. The monoisotopic (exact) mass is 378 g/mol. The van der Waals surface area contributed by atoms with Crippen LogP contribution in [0.25, 0.3) is 0 Å². The van der Waals surface area contributed by atoms with Gasteiger partial charge in [-0.3, -0.25) is 4.79 Å². The number of methoxy groups -OCH3 is 2. The van der Waals surface area contributed by atoms with E-state index in [0.717, 1.165) is 12.2 Å². The van der Waals surface area contributed by atoms with E-state index >= 15 is 0 Å². The fraction of sp³-hybridized carbons (Fsp3) is 0.375. The Morgan fingerprint density at radius 2 is 1.57 bits per heavy atom. The van der Waals surface area contributed by atoms with Gasteiger partial charge in [-0.25, -0.2) is 0 Å². The van der Waals surface area contributed by atoms with Gasteiger partial charge in [0.15, 0.2) is 0 Å². The number of esters is 1. The van der Waals surface area contributed by atoms with Gasteiger partial charge in [0.1, 0.15) is 17.5 Å². The van der Waals surface area contributed by atoms with Crippen LogP contribution in [0.1, 0.15) is 36.3 Å². The van der Waals surface area contributed by atoms with Crippen molar-refractivity contribution >= 4 is 5.97 Å². The van der Waals surface area contributed by atoms with Gasteiger partial charge < -0.3 is 14.2 Å². The summed E-state index contributed by atoms with van der Waals surface area (Å²) in [6.45, 7) is 1.46. The lowest BCUT2D eigenvalue weighted by Gasteiger charge is -2.37. The van der Waals surface area contributed by atoms with E-state index < -0.39 is 5.60 Å². The molecule has 0 aromatic heterocycles. The van der Waals surface area contributed by atoms with E-state index in [2.05, 4.69) is 54.6 Å². The molecule has 1 unspecified atom stereocenters. The molecule has 0 N–H and O–H groups in total. The Morgan fingerprint density at radius 3 is 2.11 bits per heavy atom. The zero-order chi connectivity index (χ0) is 19.7. The molecule has 28 heavy (non-hydrogen) atoms. The van der Waals surface area contributed by atoms with Gasteiger partial charge in [-0.05, 0) is 23.6 Å². The van der Waals surface area contributed by atoms with Crippen LogP contribution in [-0.2, 0) is 19.0 Å². The Bertz CT molecular complexity index is 861. The number of rotatable bonds is 6. The van der Waals surface area contributed by atoms with Crippen LogP contribution in [0.4, 0.5) is 0 Å². The lowest BCUT2D eigenvalue weighted by Crippen LogP contribution is -2.39. The first-order valence-electron chi connectivity index (χ1n) is 9.69. The van der Waals surface area contributed by atoms with E-state index in [-0.39, 0.29) is 29.8 Å². The molecule has 146 valence electrons. The van der Waals surface area contributed by atoms with Gasteiger partial charge in [0.2, 0.25) is 0 Å². The Morgan fingerprint density at radius 1 is 0.964 bits per heavy atom. The van der Waals surface area contributed by atoms with E-state index in [0.29, 0.717) is 0 Å². The highest BCUT2D eigenvalue weighted by Gasteiger charge is 2.63. The number of benzene rings is 2. The van der Waals surface area contributed by atoms with E-state index in [1.165, 1.54) is 18.1 Å². The summed E-state index contributed by atoms with van der Waals surface area (Å²) in [5.74, 6) is 0.818. The minimum Gasteiger partial charge on any atom is -0.501 e. The molecule has 1 saturated carbocycles. The number of ether oxygens (including phenoxy) is 3. The summed E-state index contributed by atoms with van der Waals surface area (Å²) in [7, 11) is 3.46. The van der Waals surface area contributed by atoms with Gasteiger partial charge in [0.25, 0.3) is 0 Å². The molecule has 4 rings (SSSR count). The number of allylic oxidation sites excluding steroid dienone is 1. The van der Waals surface area contributed by atoms with E-state index in [4.69, 9.17) is 14.2 Å². The van der Waals surface area contributed by atoms with Crippen molar-refractivity contribution in [2.45, 2.75) is 36.9 Å². The van der Waals surface area contributed by atoms with Crippen LogP contribution in [0.2, 0.25) is 0 Å². The number of carbonyl (C=O) groups is 1. The van der Waals surface area contributed by atoms with Gasteiger partial charge >= 0.3 is 5.97 Å². The second-order valence-corrected chi connectivity index (χ2v) is 7.58. The van der Waals surface area contributed by atoms with Crippen molar-refractivity contribution in [1.82, 2.24) is 0 Å².